The van der Waals surface area contributed by atoms with Crippen LogP contribution in [0.15, 0.2) is 55.0 Å². The number of nitrogens with one attached hydrogen (secondary N) is 2. The van der Waals surface area contributed by atoms with Crippen LogP contribution in [0, 0.1) is 6.92 Å². The van der Waals surface area contributed by atoms with Crippen molar-refractivity contribution < 1.29 is 19.4 Å². The summed E-state index contributed by atoms with van der Waals surface area (Å²) in [7, 11) is -1.21. The fourth-order valence-electron chi connectivity index (χ4n) is 5.45. The summed E-state index contributed by atoms with van der Waals surface area (Å²) in [4.78, 5) is 39.6. The van der Waals surface area contributed by atoms with Gasteiger partial charge in [-0.05, 0) is 73.8 Å². The lowest BCUT2D eigenvalue weighted by Crippen LogP contribution is -2.46. The molecule has 3 aromatic heterocycles. The number of rotatable bonds is 11. The van der Waals surface area contributed by atoms with E-state index in [-0.39, 0.29) is 11.9 Å². The fraction of sp³-hybridized carbons (Fsp3) is 0.406. The van der Waals surface area contributed by atoms with Crippen molar-refractivity contribution in [2.24, 2.45) is 0 Å². The molecule has 2 amide bonds. The van der Waals surface area contributed by atoms with E-state index in [1.54, 1.807) is 18.6 Å². The average molecular weight is 616 g/mol. The summed E-state index contributed by atoms with van der Waals surface area (Å²) in [6.45, 7) is 12.2. The van der Waals surface area contributed by atoms with E-state index in [0.717, 1.165) is 59.0 Å². The molecule has 0 bridgehead atoms. The molecule has 1 aliphatic heterocycles. The minimum atomic E-state index is -1.21. The molecule has 44 heavy (non-hydrogen) atoms. The number of amides is 2. The third-order valence-corrected chi connectivity index (χ3v) is 9.55. The van der Waals surface area contributed by atoms with Gasteiger partial charge in [0.25, 0.3) is 5.91 Å². The van der Waals surface area contributed by atoms with Crippen molar-refractivity contribution in [3.05, 3.63) is 71.9 Å². The number of fused-ring (bicyclic) bond motifs is 1. The van der Waals surface area contributed by atoms with E-state index in [0.29, 0.717) is 37.8 Å². The van der Waals surface area contributed by atoms with Gasteiger partial charge in [-0.25, -0.2) is 14.8 Å². The molecule has 0 radical (unpaired) electrons. The van der Waals surface area contributed by atoms with E-state index in [9.17, 15) is 9.59 Å². The monoisotopic (exact) mass is 615 g/mol. The molecular weight excluding hydrogens is 574 g/mol. The molecule has 11 nitrogen and oxygen atoms in total. The van der Waals surface area contributed by atoms with Gasteiger partial charge in [-0.3, -0.25) is 14.7 Å². The zero-order valence-corrected chi connectivity index (χ0v) is 26.8. The Bertz CT molecular complexity index is 1620. The molecular formula is C32H41N7O4Si. The average Bonchev–Trinajstić information content (AvgIpc) is 3.35. The maximum absolute atomic E-state index is 13.1. The number of carboxylic acid groups (broad SMARTS) is 1. The van der Waals surface area contributed by atoms with Crippen LogP contribution >= 0.6 is 0 Å². The highest BCUT2D eigenvalue weighted by Crippen LogP contribution is 2.29. The zero-order chi connectivity index (χ0) is 31.3. The molecule has 4 heterocycles. The number of nitrogens with zero attached hydrogens (tertiary/aromatic N) is 5. The zero-order valence-electron chi connectivity index (χ0n) is 25.8. The Labute approximate surface area is 258 Å². The van der Waals surface area contributed by atoms with E-state index in [2.05, 4.69) is 60.8 Å². The molecule has 0 saturated carbocycles. The first-order valence-corrected chi connectivity index (χ1v) is 18.7. The first kappa shape index (κ1) is 31.3. The lowest BCUT2D eigenvalue weighted by molar-refractivity contribution is 0.0909. The second-order valence-corrected chi connectivity index (χ2v) is 18.2. The predicted molar refractivity (Wildman–Crippen MR) is 173 cm³/mol. The lowest BCUT2D eigenvalue weighted by atomic mass is 10.0. The van der Waals surface area contributed by atoms with E-state index >= 15 is 0 Å². The number of anilines is 1. The van der Waals surface area contributed by atoms with Gasteiger partial charge in [0.1, 0.15) is 24.4 Å². The largest absolute Gasteiger partial charge is 0.465 e. The summed E-state index contributed by atoms with van der Waals surface area (Å²) < 4.78 is 8.19. The van der Waals surface area contributed by atoms with Crippen LogP contribution < -0.4 is 10.6 Å². The molecule has 0 spiro atoms. The van der Waals surface area contributed by atoms with E-state index in [1.165, 1.54) is 0 Å². The number of hydrogen-bond acceptors (Lipinski definition) is 7. The van der Waals surface area contributed by atoms with Crippen molar-refractivity contribution >= 4 is 36.8 Å². The van der Waals surface area contributed by atoms with Crippen molar-refractivity contribution in [3.63, 3.8) is 0 Å². The quantitative estimate of drug-likeness (QED) is 0.147. The number of aryl methyl sites for hydroxylation is 1. The Kier molecular flexibility index (Phi) is 9.72. The molecule has 4 aromatic rings. The van der Waals surface area contributed by atoms with Gasteiger partial charge in [-0.1, -0.05) is 31.8 Å². The number of hydrogen-bond donors (Lipinski definition) is 3. The third kappa shape index (κ3) is 8.07. The van der Waals surface area contributed by atoms with Crippen LogP contribution in [-0.4, -0.2) is 75.3 Å². The van der Waals surface area contributed by atoms with Crippen molar-refractivity contribution in [3.8, 4) is 11.3 Å². The first-order valence-electron chi connectivity index (χ1n) is 15.0. The molecule has 0 aliphatic carbocycles. The van der Waals surface area contributed by atoms with Gasteiger partial charge in [0.05, 0.1) is 11.4 Å². The van der Waals surface area contributed by atoms with Crippen LogP contribution in [0.25, 0.3) is 22.3 Å². The molecule has 1 aromatic carbocycles. The van der Waals surface area contributed by atoms with Gasteiger partial charge >= 0.3 is 6.09 Å². The van der Waals surface area contributed by atoms with Crippen molar-refractivity contribution in [2.75, 3.05) is 25.0 Å². The lowest BCUT2D eigenvalue weighted by Gasteiger charge is -2.32. The van der Waals surface area contributed by atoms with E-state index in [4.69, 9.17) is 9.84 Å². The normalized spacial score (nSPS) is 15.8. The van der Waals surface area contributed by atoms with Gasteiger partial charge in [0, 0.05) is 51.1 Å². The van der Waals surface area contributed by atoms with Crippen LogP contribution in [0.1, 0.15) is 34.6 Å². The number of benzene rings is 1. The SMILES string of the molecule is Cc1ncnc2c1cc(-c1ccc(NC(=O)c3cc(CN4CCCC(NC(=O)O)C4)ccn3)cc1)n2COCC[Si](C)(C)C. The van der Waals surface area contributed by atoms with Crippen LogP contribution in [0.3, 0.4) is 0 Å². The first-order chi connectivity index (χ1) is 21.1. The van der Waals surface area contributed by atoms with Crippen molar-refractivity contribution in [1.29, 1.82) is 0 Å². The second kappa shape index (κ2) is 13.7. The summed E-state index contributed by atoms with van der Waals surface area (Å²) in [5.74, 6) is -0.292. The summed E-state index contributed by atoms with van der Waals surface area (Å²) in [5.41, 5.74) is 5.64. The van der Waals surface area contributed by atoms with Gasteiger partial charge < -0.3 is 25.0 Å². The highest BCUT2D eigenvalue weighted by atomic mass is 28.3. The minimum absolute atomic E-state index is 0.0884. The summed E-state index contributed by atoms with van der Waals surface area (Å²) in [5, 5.41) is 15.6. The minimum Gasteiger partial charge on any atom is -0.465 e. The summed E-state index contributed by atoms with van der Waals surface area (Å²) >= 11 is 0. The molecule has 1 fully saturated rings. The number of piperidine rings is 1. The molecule has 3 N–H and O–H groups in total. The fourth-order valence-corrected chi connectivity index (χ4v) is 6.21. The Hall–Kier alpha value is -4.13. The smallest absolute Gasteiger partial charge is 0.404 e. The third-order valence-electron chi connectivity index (χ3n) is 7.84. The Morgan fingerprint density at radius 2 is 1.89 bits per heavy atom. The van der Waals surface area contributed by atoms with Gasteiger partial charge in [0.2, 0.25) is 0 Å². The van der Waals surface area contributed by atoms with Crippen LogP contribution in [0.2, 0.25) is 25.7 Å². The highest BCUT2D eigenvalue weighted by Gasteiger charge is 2.22. The van der Waals surface area contributed by atoms with Crippen molar-refractivity contribution in [1.82, 2.24) is 29.7 Å². The molecule has 1 unspecified atom stereocenters. The maximum atomic E-state index is 13.1. The Morgan fingerprint density at radius 1 is 1.09 bits per heavy atom. The summed E-state index contributed by atoms with van der Waals surface area (Å²) in [6, 6.07) is 14.5. The maximum Gasteiger partial charge on any atom is 0.404 e. The Morgan fingerprint density at radius 3 is 2.64 bits per heavy atom. The molecule has 1 saturated heterocycles. The number of pyridine rings is 1. The van der Waals surface area contributed by atoms with Crippen molar-refractivity contribution in [2.45, 2.75) is 64.8 Å². The van der Waals surface area contributed by atoms with E-state index < -0.39 is 14.2 Å². The van der Waals surface area contributed by atoms with Crippen LogP contribution in [0.5, 0.6) is 0 Å². The standard InChI is InChI=1S/C32H41N7O4Si/c1-22-27-17-29(39(30(27)35-20-34-22)21-43-14-15-44(2,3)4)24-7-9-25(10-8-24)36-31(40)28-16-23(11-12-33-28)18-38-13-5-6-26(19-38)37-32(41)42/h7-12,16-17,20,26,37H,5-6,13-15,18-19,21H2,1-4H3,(H,36,40)(H,41,42). The molecule has 1 atom stereocenters. The van der Waals surface area contributed by atoms with Gasteiger partial charge in [0.15, 0.2) is 0 Å². The number of likely N-dealkylation sites (tertiary alicyclic amines) is 1. The molecule has 232 valence electrons. The number of carbonyl (C=O) groups is 2. The van der Waals surface area contributed by atoms with Gasteiger partial charge in [-0.2, -0.15) is 0 Å². The predicted octanol–water partition coefficient (Wildman–Crippen LogP) is 5.60. The molecule has 12 heteroatoms. The molecule has 5 rings (SSSR count). The van der Waals surface area contributed by atoms with Crippen LogP contribution in [0.4, 0.5) is 10.5 Å². The Balaban J connectivity index is 1.26. The van der Waals surface area contributed by atoms with Crippen LogP contribution in [-0.2, 0) is 18.0 Å². The second-order valence-electron chi connectivity index (χ2n) is 12.6. The van der Waals surface area contributed by atoms with E-state index in [1.807, 2.05) is 37.3 Å². The topological polar surface area (TPSA) is 134 Å². The number of aromatic nitrogens is 4. The highest BCUT2D eigenvalue weighted by molar-refractivity contribution is 6.76. The number of ether oxygens (including phenoxy) is 1. The molecule has 1 aliphatic rings. The number of carbonyl (C=O) groups excluding carboxylic acids is 1. The van der Waals surface area contributed by atoms with Gasteiger partial charge in [-0.15, -0.1) is 0 Å². The summed E-state index contributed by atoms with van der Waals surface area (Å²) in [6.07, 6.45) is 3.97.